The Labute approximate surface area is 120 Å². The highest BCUT2D eigenvalue weighted by molar-refractivity contribution is 5.95. The van der Waals surface area contributed by atoms with E-state index in [0.29, 0.717) is 11.5 Å². The Balaban J connectivity index is 1.93. The van der Waals surface area contributed by atoms with Gasteiger partial charge in [-0.05, 0) is 37.2 Å². The predicted molar refractivity (Wildman–Crippen MR) is 77.7 cm³/mol. The van der Waals surface area contributed by atoms with Gasteiger partial charge in [-0.3, -0.25) is 4.79 Å². The zero-order valence-corrected chi connectivity index (χ0v) is 12.6. The van der Waals surface area contributed by atoms with Crippen molar-refractivity contribution in [1.82, 2.24) is 5.32 Å². The number of carbonyl (C=O) groups excluding carboxylic acids is 1. The van der Waals surface area contributed by atoms with Crippen LogP contribution < -0.4 is 5.32 Å². The fourth-order valence-corrected chi connectivity index (χ4v) is 2.25. The van der Waals surface area contributed by atoms with E-state index in [2.05, 4.69) is 26.1 Å². The van der Waals surface area contributed by atoms with E-state index >= 15 is 0 Å². The van der Waals surface area contributed by atoms with Gasteiger partial charge in [0.2, 0.25) is 0 Å². The summed E-state index contributed by atoms with van der Waals surface area (Å²) in [6.45, 7) is 6.44. The molecular weight excluding hydrogens is 254 g/mol. The van der Waals surface area contributed by atoms with Crippen molar-refractivity contribution in [3.63, 3.8) is 0 Å². The molecule has 2 N–H and O–H groups in total. The van der Waals surface area contributed by atoms with Crippen LogP contribution in [0.2, 0.25) is 0 Å². The van der Waals surface area contributed by atoms with Crippen LogP contribution in [0.1, 0.15) is 68.5 Å². The summed E-state index contributed by atoms with van der Waals surface area (Å²) in [5, 5.41) is 12.3. The predicted octanol–water partition coefficient (Wildman–Crippen LogP) is 3.07. The minimum absolute atomic E-state index is 0.0293. The van der Waals surface area contributed by atoms with Crippen molar-refractivity contribution in [2.24, 2.45) is 5.41 Å². The molecule has 0 spiro atoms. The molecule has 1 saturated carbocycles. The number of furan rings is 1. The zero-order chi connectivity index (χ0) is 14.8. The quantitative estimate of drug-likeness (QED) is 0.841. The fourth-order valence-electron chi connectivity index (χ4n) is 2.25. The SMILES string of the molecule is CC(C)(C)CC[C@@H](CO)NC(=O)c1ccoc1C1CC1. The van der Waals surface area contributed by atoms with Crippen molar-refractivity contribution in [2.75, 3.05) is 6.61 Å². The van der Waals surface area contributed by atoms with Gasteiger partial charge in [0.1, 0.15) is 5.76 Å². The van der Waals surface area contributed by atoms with Gasteiger partial charge in [-0.25, -0.2) is 0 Å². The first kappa shape index (κ1) is 15.1. The second-order valence-electron chi connectivity index (χ2n) is 6.93. The van der Waals surface area contributed by atoms with Crippen LogP contribution in [-0.2, 0) is 0 Å². The molecule has 1 aromatic rings. The van der Waals surface area contributed by atoms with Crippen LogP contribution in [-0.4, -0.2) is 23.7 Å². The van der Waals surface area contributed by atoms with E-state index in [9.17, 15) is 9.90 Å². The van der Waals surface area contributed by atoms with Crippen LogP contribution in [0.4, 0.5) is 0 Å². The molecule has 0 unspecified atom stereocenters. The number of carbonyl (C=O) groups is 1. The van der Waals surface area contributed by atoms with E-state index in [0.717, 1.165) is 31.4 Å². The number of nitrogens with one attached hydrogen (secondary N) is 1. The van der Waals surface area contributed by atoms with Gasteiger partial charge >= 0.3 is 0 Å². The lowest BCUT2D eigenvalue weighted by Crippen LogP contribution is -2.38. The lowest BCUT2D eigenvalue weighted by atomic mass is 9.89. The minimum atomic E-state index is -0.191. The molecule has 1 amide bonds. The summed E-state index contributed by atoms with van der Waals surface area (Å²) in [7, 11) is 0. The molecule has 1 aliphatic rings. The van der Waals surface area contributed by atoms with Gasteiger partial charge in [-0.2, -0.15) is 0 Å². The van der Waals surface area contributed by atoms with Gasteiger partial charge in [0.15, 0.2) is 0 Å². The van der Waals surface area contributed by atoms with Crippen molar-refractivity contribution in [3.8, 4) is 0 Å². The van der Waals surface area contributed by atoms with E-state index in [4.69, 9.17) is 4.42 Å². The molecule has 1 fully saturated rings. The molecule has 0 radical (unpaired) electrons. The van der Waals surface area contributed by atoms with E-state index in [-0.39, 0.29) is 24.0 Å². The van der Waals surface area contributed by atoms with Crippen molar-refractivity contribution in [3.05, 3.63) is 23.7 Å². The average molecular weight is 279 g/mol. The Bertz CT molecular complexity index is 455. The number of hydrogen-bond donors (Lipinski definition) is 2. The largest absolute Gasteiger partial charge is 0.468 e. The summed E-state index contributed by atoms with van der Waals surface area (Å²) in [5.74, 6) is 1.08. The molecular formula is C16H25NO3. The number of amides is 1. The van der Waals surface area contributed by atoms with Crippen LogP contribution in [0.25, 0.3) is 0 Å². The topological polar surface area (TPSA) is 62.5 Å². The number of rotatable bonds is 6. The van der Waals surface area contributed by atoms with Gasteiger partial charge in [-0.1, -0.05) is 20.8 Å². The second-order valence-corrected chi connectivity index (χ2v) is 6.93. The molecule has 1 aromatic heterocycles. The Kier molecular flexibility index (Phi) is 4.53. The second kappa shape index (κ2) is 6.00. The lowest BCUT2D eigenvalue weighted by molar-refractivity contribution is 0.0905. The van der Waals surface area contributed by atoms with Crippen molar-refractivity contribution in [1.29, 1.82) is 0 Å². The van der Waals surface area contributed by atoms with Gasteiger partial charge in [0, 0.05) is 5.92 Å². The van der Waals surface area contributed by atoms with Gasteiger partial charge in [0.25, 0.3) is 5.91 Å². The zero-order valence-electron chi connectivity index (χ0n) is 12.6. The minimum Gasteiger partial charge on any atom is -0.468 e. The number of hydrogen-bond acceptors (Lipinski definition) is 3. The third-order valence-electron chi connectivity index (χ3n) is 3.69. The maximum absolute atomic E-state index is 12.3. The van der Waals surface area contributed by atoms with E-state index in [1.165, 1.54) is 0 Å². The normalized spacial score (nSPS) is 17.0. The molecule has 1 atom stereocenters. The van der Waals surface area contributed by atoms with Crippen LogP contribution in [0, 0.1) is 5.41 Å². The maximum atomic E-state index is 12.3. The highest BCUT2D eigenvalue weighted by atomic mass is 16.3. The van der Waals surface area contributed by atoms with E-state index < -0.39 is 0 Å². The van der Waals surface area contributed by atoms with Crippen molar-refractivity contribution < 1.29 is 14.3 Å². The fraction of sp³-hybridized carbons (Fsp3) is 0.688. The molecule has 112 valence electrons. The summed E-state index contributed by atoms with van der Waals surface area (Å²) in [5.41, 5.74) is 0.828. The first-order chi connectivity index (χ1) is 9.40. The summed E-state index contributed by atoms with van der Waals surface area (Å²) in [4.78, 5) is 12.3. The Morgan fingerprint density at radius 3 is 2.75 bits per heavy atom. The highest BCUT2D eigenvalue weighted by Crippen LogP contribution is 2.42. The Morgan fingerprint density at radius 2 is 2.20 bits per heavy atom. The highest BCUT2D eigenvalue weighted by Gasteiger charge is 2.31. The lowest BCUT2D eigenvalue weighted by Gasteiger charge is -2.22. The Morgan fingerprint density at radius 1 is 1.50 bits per heavy atom. The van der Waals surface area contributed by atoms with E-state index in [1.54, 1.807) is 12.3 Å². The molecule has 0 aromatic carbocycles. The summed E-state index contributed by atoms with van der Waals surface area (Å²) in [6, 6.07) is 1.53. The first-order valence-corrected chi connectivity index (χ1v) is 7.40. The molecule has 1 heterocycles. The molecule has 0 saturated heterocycles. The number of aliphatic hydroxyl groups excluding tert-OH is 1. The maximum Gasteiger partial charge on any atom is 0.255 e. The van der Waals surface area contributed by atoms with Gasteiger partial charge in [-0.15, -0.1) is 0 Å². The van der Waals surface area contributed by atoms with Crippen molar-refractivity contribution in [2.45, 2.75) is 58.4 Å². The molecule has 4 nitrogen and oxygen atoms in total. The van der Waals surface area contributed by atoms with Gasteiger partial charge in [0.05, 0.1) is 24.5 Å². The summed E-state index contributed by atoms with van der Waals surface area (Å²) >= 11 is 0. The first-order valence-electron chi connectivity index (χ1n) is 7.40. The van der Waals surface area contributed by atoms with Crippen LogP contribution in [0.3, 0.4) is 0 Å². The molecule has 0 aliphatic heterocycles. The monoisotopic (exact) mass is 279 g/mol. The smallest absolute Gasteiger partial charge is 0.255 e. The van der Waals surface area contributed by atoms with E-state index in [1.807, 2.05) is 0 Å². The molecule has 1 aliphatic carbocycles. The van der Waals surface area contributed by atoms with Gasteiger partial charge < -0.3 is 14.8 Å². The van der Waals surface area contributed by atoms with Crippen LogP contribution >= 0.6 is 0 Å². The number of aliphatic hydroxyl groups is 1. The Hall–Kier alpha value is -1.29. The summed E-state index contributed by atoms with van der Waals surface area (Å²) in [6.07, 6.45) is 5.51. The molecule has 2 rings (SSSR count). The average Bonchev–Trinajstić information content (AvgIpc) is 3.10. The molecule has 20 heavy (non-hydrogen) atoms. The van der Waals surface area contributed by atoms with Crippen LogP contribution in [0.15, 0.2) is 16.7 Å². The van der Waals surface area contributed by atoms with Crippen molar-refractivity contribution >= 4 is 5.91 Å². The van der Waals surface area contributed by atoms with Crippen LogP contribution in [0.5, 0.6) is 0 Å². The molecule has 0 bridgehead atoms. The third-order valence-corrected chi connectivity index (χ3v) is 3.69. The summed E-state index contributed by atoms with van der Waals surface area (Å²) < 4.78 is 5.42. The standard InChI is InChI=1S/C16H25NO3/c1-16(2,3)8-6-12(10-18)17-15(19)13-7-9-20-14(13)11-4-5-11/h7,9,11-12,18H,4-6,8,10H2,1-3H3,(H,17,19)/t12-/m0/s1. The molecule has 4 heteroatoms. The third kappa shape index (κ3) is 4.10.